The van der Waals surface area contributed by atoms with Crippen LogP contribution in [0.2, 0.25) is 0 Å². The lowest BCUT2D eigenvalue weighted by atomic mass is 9.79. The average molecular weight is 596 g/mol. The number of rotatable bonds is 9. The fourth-order valence-corrected chi connectivity index (χ4v) is 7.11. The summed E-state index contributed by atoms with van der Waals surface area (Å²) in [5.74, 6) is -2.20. The maximum atomic E-state index is 15.0. The molecule has 0 aromatic carbocycles. The Morgan fingerprint density at radius 1 is 1.05 bits per heavy atom. The van der Waals surface area contributed by atoms with E-state index >= 15 is 13.2 Å². The molecule has 1 aliphatic heterocycles. The van der Waals surface area contributed by atoms with Gasteiger partial charge in [-0.15, -0.1) is 0 Å². The summed E-state index contributed by atoms with van der Waals surface area (Å²) in [6.07, 6.45) is 5.17. The molecular formula is C30H44F3N5O4. The van der Waals surface area contributed by atoms with Gasteiger partial charge in [0, 0.05) is 18.9 Å². The van der Waals surface area contributed by atoms with Crippen LogP contribution in [0.3, 0.4) is 0 Å². The van der Waals surface area contributed by atoms with Crippen molar-refractivity contribution in [3.05, 3.63) is 24.3 Å². The number of nitrogens with zero attached hydrogens (tertiary/aromatic N) is 3. The molecule has 2 amide bonds. The second-order valence-corrected chi connectivity index (χ2v) is 13.0. The van der Waals surface area contributed by atoms with Gasteiger partial charge in [0.1, 0.15) is 17.8 Å². The first kappa shape index (κ1) is 32.2. The van der Waals surface area contributed by atoms with Crippen LogP contribution in [0.15, 0.2) is 18.6 Å². The summed E-state index contributed by atoms with van der Waals surface area (Å²) < 4.78 is 50.4. The number of nitrogens with one attached hydrogen (secondary N) is 2. The second kappa shape index (κ2) is 13.3. The number of hydrogen-bond acceptors (Lipinski definition) is 7. The van der Waals surface area contributed by atoms with E-state index in [0.29, 0.717) is 19.4 Å². The molecule has 1 aromatic heterocycles. The molecule has 234 valence electrons. The summed E-state index contributed by atoms with van der Waals surface area (Å²) in [5, 5.41) is 5.33. The minimum atomic E-state index is -4.79. The van der Waals surface area contributed by atoms with Gasteiger partial charge in [0.15, 0.2) is 0 Å². The van der Waals surface area contributed by atoms with Crippen LogP contribution in [-0.4, -0.2) is 76.1 Å². The Labute approximate surface area is 245 Å². The van der Waals surface area contributed by atoms with Crippen LogP contribution in [-0.2, 0) is 14.3 Å². The number of alkyl halides is 3. The van der Waals surface area contributed by atoms with Crippen LogP contribution in [0.1, 0.15) is 89.5 Å². The third-order valence-corrected chi connectivity index (χ3v) is 9.12. The fourth-order valence-electron chi connectivity index (χ4n) is 7.11. The van der Waals surface area contributed by atoms with Gasteiger partial charge in [-0.3, -0.25) is 19.9 Å². The van der Waals surface area contributed by atoms with Gasteiger partial charge >= 0.3 is 12.1 Å². The van der Waals surface area contributed by atoms with Crippen molar-refractivity contribution in [3.8, 4) is 0 Å². The molecule has 2 aliphatic carbocycles. The number of amides is 2. The van der Waals surface area contributed by atoms with E-state index in [1.807, 2.05) is 0 Å². The van der Waals surface area contributed by atoms with Crippen LogP contribution in [0.25, 0.3) is 0 Å². The van der Waals surface area contributed by atoms with Crippen molar-refractivity contribution >= 4 is 17.8 Å². The Bertz CT molecular complexity index is 1090. The highest BCUT2D eigenvalue weighted by Crippen LogP contribution is 2.44. The highest BCUT2D eigenvalue weighted by molar-refractivity contribution is 5.92. The average Bonchev–Trinajstić information content (AvgIpc) is 3.53. The Hall–Kier alpha value is -2.76. The molecule has 2 N–H and O–H groups in total. The Morgan fingerprint density at radius 2 is 1.76 bits per heavy atom. The zero-order valence-electron chi connectivity index (χ0n) is 25.0. The standard InChI is InChI=1S/C30H44F3N5O4/c1-5-42-28(41)23-20-13-9-12-19(20)17-38(23)27(40)25(29(2,3)4)37-24(30(31,32)33)22(18-10-7-6-8-11-18)36-26(39)21-16-34-14-15-35-21/h14-16,18-20,22-25,37H,5-13,17H2,1-4H3,(H,36,39)/t19-,20-,22?,23+,24?,25+/m0/s1. The Morgan fingerprint density at radius 3 is 2.36 bits per heavy atom. The lowest BCUT2D eigenvalue weighted by Crippen LogP contribution is -2.66. The van der Waals surface area contributed by atoms with Gasteiger partial charge < -0.3 is 15.0 Å². The number of carbonyl (C=O) groups is 3. The van der Waals surface area contributed by atoms with E-state index in [4.69, 9.17) is 4.74 Å². The third-order valence-electron chi connectivity index (χ3n) is 9.12. The highest BCUT2D eigenvalue weighted by Gasteiger charge is 2.55. The van der Waals surface area contributed by atoms with Gasteiger partial charge in [-0.05, 0) is 55.8 Å². The molecule has 42 heavy (non-hydrogen) atoms. The van der Waals surface area contributed by atoms with Crippen molar-refractivity contribution in [1.82, 2.24) is 25.5 Å². The predicted molar refractivity (Wildman–Crippen MR) is 149 cm³/mol. The zero-order valence-corrected chi connectivity index (χ0v) is 25.0. The van der Waals surface area contributed by atoms with E-state index in [0.717, 1.165) is 38.5 Å². The number of halogens is 3. The van der Waals surface area contributed by atoms with Crippen molar-refractivity contribution in [2.75, 3.05) is 13.2 Å². The molecule has 0 radical (unpaired) electrons. The summed E-state index contributed by atoms with van der Waals surface area (Å²) in [6.45, 7) is 7.28. The second-order valence-electron chi connectivity index (χ2n) is 13.0. The number of ether oxygens (including phenoxy) is 1. The topological polar surface area (TPSA) is 114 Å². The summed E-state index contributed by atoms with van der Waals surface area (Å²) in [5.41, 5.74) is -1.02. The minimum Gasteiger partial charge on any atom is -0.464 e. The molecular weight excluding hydrogens is 551 g/mol. The molecule has 1 saturated heterocycles. The molecule has 9 nitrogen and oxygen atoms in total. The third kappa shape index (κ3) is 7.23. The zero-order chi connectivity index (χ0) is 30.7. The smallest absolute Gasteiger partial charge is 0.405 e. The van der Waals surface area contributed by atoms with E-state index in [9.17, 15) is 14.4 Å². The summed E-state index contributed by atoms with van der Waals surface area (Å²) >= 11 is 0. The predicted octanol–water partition coefficient (Wildman–Crippen LogP) is 4.28. The fraction of sp³-hybridized carbons (Fsp3) is 0.767. The lowest BCUT2D eigenvalue weighted by Gasteiger charge is -2.42. The van der Waals surface area contributed by atoms with Crippen LogP contribution >= 0.6 is 0 Å². The molecule has 0 spiro atoms. The largest absolute Gasteiger partial charge is 0.464 e. The normalized spacial score (nSPS) is 25.4. The molecule has 4 rings (SSSR count). The van der Waals surface area contributed by atoms with E-state index in [1.54, 1.807) is 27.7 Å². The van der Waals surface area contributed by atoms with Crippen LogP contribution in [0, 0.1) is 23.2 Å². The highest BCUT2D eigenvalue weighted by atomic mass is 19.4. The van der Waals surface area contributed by atoms with E-state index < -0.39 is 59.5 Å². The number of hydrogen-bond donors (Lipinski definition) is 2. The van der Waals surface area contributed by atoms with Gasteiger partial charge in [-0.25, -0.2) is 9.78 Å². The number of fused-ring (bicyclic) bond motifs is 1. The molecule has 2 saturated carbocycles. The molecule has 3 fully saturated rings. The van der Waals surface area contributed by atoms with Crippen molar-refractivity contribution in [3.63, 3.8) is 0 Å². The van der Waals surface area contributed by atoms with Gasteiger partial charge in [-0.2, -0.15) is 13.2 Å². The SMILES string of the molecule is CCOC(=O)[C@H]1[C@H]2CCC[C@H]2CN1C(=O)[C@@H](NC(C(NC(=O)c1cnccn1)C1CCCCC1)C(F)(F)F)C(C)(C)C. The van der Waals surface area contributed by atoms with Gasteiger partial charge in [-0.1, -0.05) is 46.5 Å². The first-order valence-corrected chi connectivity index (χ1v) is 15.2. The van der Waals surface area contributed by atoms with Gasteiger partial charge in [0.2, 0.25) is 5.91 Å². The first-order valence-electron chi connectivity index (χ1n) is 15.2. The van der Waals surface area contributed by atoms with Crippen LogP contribution < -0.4 is 10.6 Å². The molecule has 0 bridgehead atoms. The van der Waals surface area contributed by atoms with Crippen molar-refractivity contribution < 1.29 is 32.3 Å². The van der Waals surface area contributed by atoms with Crippen LogP contribution in [0.5, 0.6) is 0 Å². The van der Waals surface area contributed by atoms with E-state index in [-0.39, 0.29) is 24.1 Å². The van der Waals surface area contributed by atoms with E-state index in [2.05, 4.69) is 20.6 Å². The molecule has 6 atom stereocenters. The summed E-state index contributed by atoms with van der Waals surface area (Å²) in [4.78, 5) is 49.7. The Balaban J connectivity index is 1.67. The number of esters is 1. The summed E-state index contributed by atoms with van der Waals surface area (Å²) in [6, 6.07) is -5.64. The maximum Gasteiger partial charge on any atom is 0.405 e. The molecule has 1 aromatic rings. The maximum absolute atomic E-state index is 15.0. The minimum absolute atomic E-state index is 0.0618. The quantitative estimate of drug-likeness (QED) is 0.410. The number of carbonyl (C=O) groups excluding carboxylic acids is 3. The van der Waals surface area contributed by atoms with Gasteiger partial charge in [0.05, 0.1) is 24.9 Å². The van der Waals surface area contributed by atoms with Crippen molar-refractivity contribution in [1.29, 1.82) is 0 Å². The first-order chi connectivity index (χ1) is 19.8. The summed E-state index contributed by atoms with van der Waals surface area (Å²) in [7, 11) is 0. The molecule has 3 aliphatic rings. The Kier molecular flexibility index (Phi) is 10.2. The van der Waals surface area contributed by atoms with Gasteiger partial charge in [0.25, 0.3) is 5.91 Å². The van der Waals surface area contributed by atoms with Crippen LogP contribution in [0.4, 0.5) is 13.2 Å². The lowest BCUT2D eigenvalue weighted by molar-refractivity contribution is -0.173. The monoisotopic (exact) mass is 595 g/mol. The number of likely N-dealkylation sites (tertiary alicyclic amines) is 1. The number of aromatic nitrogens is 2. The molecule has 2 unspecified atom stereocenters. The van der Waals surface area contributed by atoms with Crippen molar-refractivity contribution in [2.45, 2.75) is 109 Å². The molecule has 2 heterocycles. The van der Waals surface area contributed by atoms with Crippen molar-refractivity contribution in [2.24, 2.45) is 23.2 Å². The van der Waals surface area contributed by atoms with E-state index in [1.165, 1.54) is 23.5 Å². The molecule has 12 heteroatoms.